The van der Waals surface area contributed by atoms with Gasteiger partial charge in [0.15, 0.2) is 0 Å². The summed E-state index contributed by atoms with van der Waals surface area (Å²) < 4.78 is 6.60. The number of fused-ring (bicyclic) bond motifs is 2. The van der Waals surface area contributed by atoms with Gasteiger partial charge in [-0.15, -0.1) is 0 Å². The van der Waals surface area contributed by atoms with Gasteiger partial charge in [-0.05, 0) is 69.6 Å². The zero-order chi connectivity index (χ0) is 24.8. The third kappa shape index (κ3) is 4.63. The molecule has 0 bridgehead atoms. The molecule has 7 atom stereocenters. The van der Waals surface area contributed by atoms with Gasteiger partial charge in [0, 0.05) is 50.0 Å². The van der Waals surface area contributed by atoms with Crippen molar-refractivity contribution in [3.63, 3.8) is 0 Å². The van der Waals surface area contributed by atoms with Crippen LogP contribution < -0.4 is 15.8 Å². The maximum absolute atomic E-state index is 10.0. The van der Waals surface area contributed by atoms with Crippen LogP contribution in [0.4, 0.5) is 5.82 Å². The second-order valence-corrected chi connectivity index (χ2v) is 11.2. The van der Waals surface area contributed by atoms with E-state index in [1.165, 1.54) is 11.1 Å². The van der Waals surface area contributed by atoms with Gasteiger partial charge < -0.3 is 14.7 Å². The van der Waals surface area contributed by atoms with Crippen LogP contribution in [-0.2, 0) is 4.74 Å². The van der Waals surface area contributed by atoms with E-state index in [1.807, 2.05) is 13.1 Å². The van der Waals surface area contributed by atoms with Crippen LogP contribution in [0, 0.1) is 19.8 Å². The second kappa shape index (κ2) is 9.95. The van der Waals surface area contributed by atoms with Crippen molar-refractivity contribution < 1.29 is 9.84 Å². The Morgan fingerprint density at radius 2 is 1.97 bits per heavy atom. The molecular weight excluding hydrogens is 454 g/mol. The number of nitrogens with one attached hydrogen (secondary N) is 2. The van der Waals surface area contributed by atoms with E-state index >= 15 is 0 Å². The highest BCUT2D eigenvalue weighted by atomic mass is 16.5. The Bertz CT molecular complexity index is 1050. The van der Waals surface area contributed by atoms with Crippen molar-refractivity contribution in [3.8, 4) is 0 Å². The summed E-state index contributed by atoms with van der Waals surface area (Å²) in [4.78, 5) is 9.66. The fourth-order valence-electron chi connectivity index (χ4n) is 7.05. The lowest BCUT2D eigenvalue weighted by Gasteiger charge is -2.38. The van der Waals surface area contributed by atoms with Crippen LogP contribution in [0.2, 0.25) is 0 Å². The number of hydrogen-bond acceptors (Lipinski definition) is 9. The molecule has 5 heterocycles. The molecule has 4 unspecified atom stereocenters. The largest absolute Gasteiger partial charge is 0.392 e. The van der Waals surface area contributed by atoms with Crippen LogP contribution in [0.15, 0.2) is 24.5 Å². The van der Waals surface area contributed by atoms with Crippen molar-refractivity contribution in [1.29, 1.82) is 0 Å². The first-order valence-corrected chi connectivity index (χ1v) is 13.5. The van der Waals surface area contributed by atoms with E-state index in [1.54, 1.807) is 0 Å². The molecule has 4 fully saturated rings. The zero-order valence-electron chi connectivity index (χ0n) is 21.6. The summed E-state index contributed by atoms with van der Waals surface area (Å²) in [7, 11) is 0. The molecule has 194 valence electrons. The second-order valence-electron chi connectivity index (χ2n) is 11.2. The number of hydrazine groups is 1. The van der Waals surface area contributed by atoms with Crippen LogP contribution in [0.3, 0.4) is 0 Å². The van der Waals surface area contributed by atoms with Gasteiger partial charge in [-0.2, -0.15) is 10.2 Å². The number of anilines is 1. The first-order chi connectivity index (χ1) is 17.5. The number of aryl methyl sites for hydroxylation is 2. The molecule has 3 saturated heterocycles. The monoisotopic (exact) mass is 493 g/mol. The van der Waals surface area contributed by atoms with Crippen LogP contribution >= 0.6 is 0 Å². The van der Waals surface area contributed by atoms with Crippen LogP contribution in [-0.4, -0.2) is 75.7 Å². The van der Waals surface area contributed by atoms with Crippen molar-refractivity contribution in [3.05, 3.63) is 46.9 Å². The van der Waals surface area contributed by atoms with E-state index in [4.69, 9.17) is 9.72 Å². The first-order valence-electron chi connectivity index (χ1n) is 13.5. The summed E-state index contributed by atoms with van der Waals surface area (Å²) in [5.41, 5.74) is 11.6. The molecule has 3 N–H and O–H groups in total. The van der Waals surface area contributed by atoms with Crippen molar-refractivity contribution in [2.75, 3.05) is 31.1 Å². The topological polar surface area (TPSA) is 98.7 Å². The van der Waals surface area contributed by atoms with Gasteiger partial charge in [0.05, 0.1) is 36.2 Å². The molecule has 0 amide bonds. The van der Waals surface area contributed by atoms with E-state index < -0.39 is 0 Å². The number of aromatic nitrogens is 3. The lowest BCUT2D eigenvalue weighted by molar-refractivity contribution is -0.0377. The summed E-state index contributed by atoms with van der Waals surface area (Å²) in [6.45, 7) is 9.96. The fourth-order valence-corrected chi connectivity index (χ4v) is 7.05. The average molecular weight is 494 g/mol. The van der Waals surface area contributed by atoms with Crippen molar-refractivity contribution >= 4 is 5.82 Å². The quantitative estimate of drug-likeness (QED) is 0.579. The molecule has 9 heteroatoms. The van der Waals surface area contributed by atoms with Gasteiger partial charge in [0.1, 0.15) is 5.82 Å². The number of pyridine rings is 1. The van der Waals surface area contributed by atoms with E-state index in [2.05, 4.69) is 63.0 Å². The average Bonchev–Trinajstić information content (AvgIpc) is 3.45. The molecule has 0 radical (unpaired) electrons. The molecule has 36 heavy (non-hydrogen) atoms. The number of ether oxygens (including phenoxy) is 1. The highest BCUT2D eigenvalue weighted by Crippen LogP contribution is 2.40. The Morgan fingerprint density at radius 1 is 1.08 bits per heavy atom. The van der Waals surface area contributed by atoms with E-state index in [0.29, 0.717) is 18.0 Å². The lowest BCUT2D eigenvalue weighted by Crippen LogP contribution is -2.50. The standard InChI is InChI=1S/C27H39N7O2/c1-16-12-29-30-17(2)26(16)18(3)36-22-5-6-24-23(11-22)27(32-31-24)19-4-7-25(28-13-19)34-9-8-33-15-21(35)10-20(33)14-34/h4,7,12-13,18,20-24,27,31-32,35H,5-6,8-11,14-15H2,1-3H3/t18-,20+,21-,22?,23?,24?,27?/m1/s1. The van der Waals surface area contributed by atoms with Gasteiger partial charge in [-0.3, -0.25) is 10.3 Å². The van der Waals surface area contributed by atoms with Crippen LogP contribution in [0.1, 0.15) is 67.1 Å². The molecule has 1 aliphatic carbocycles. The number of aliphatic hydroxyl groups excluding tert-OH is 1. The predicted octanol–water partition coefficient (Wildman–Crippen LogP) is 2.21. The maximum atomic E-state index is 10.0. The predicted molar refractivity (Wildman–Crippen MR) is 137 cm³/mol. The molecular formula is C27H39N7O2. The minimum atomic E-state index is -0.181. The molecule has 2 aromatic rings. The summed E-state index contributed by atoms with van der Waals surface area (Å²) in [6.07, 6.45) is 7.97. The zero-order valence-corrected chi connectivity index (χ0v) is 21.6. The van der Waals surface area contributed by atoms with Gasteiger partial charge in [0.2, 0.25) is 0 Å². The van der Waals surface area contributed by atoms with Crippen molar-refractivity contribution in [2.45, 2.75) is 82.9 Å². The Kier molecular flexibility index (Phi) is 6.68. The maximum Gasteiger partial charge on any atom is 0.128 e. The van der Waals surface area contributed by atoms with E-state index in [0.717, 1.165) is 68.9 Å². The molecule has 0 spiro atoms. The molecule has 2 aromatic heterocycles. The minimum Gasteiger partial charge on any atom is -0.392 e. The summed E-state index contributed by atoms with van der Waals surface area (Å²) in [5, 5.41) is 18.3. The Morgan fingerprint density at radius 3 is 2.78 bits per heavy atom. The first kappa shape index (κ1) is 24.2. The number of rotatable bonds is 5. The highest BCUT2D eigenvalue weighted by Gasteiger charge is 2.42. The Balaban J connectivity index is 1.10. The Labute approximate surface area is 213 Å². The third-order valence-electron chi connectivity index (χ3n) is 8.83. The number of piperazine rings is 1. The Hall–Kier alpha value is -2.17. The smallest absolute Gasteiger partial charge is 0.128 e. The fraction of sp³-hybridized carbons (Fsp3) is 0.667. The number of hydrogen-bond donors (Lipinski definition) is 3. The van der Waals surface area contributed by atoms with Crippen LogP contribution in [0.5, 0.6) is 0 Å². The van der Waals surface area contributed by atoms with Crippen molar-refractivity contribution in [1.82, 2.24) is 30.9 Å². The molecule has 4 aliphatic rings. The summed E-state index contributed by atoms with van der Waals surface area (Å²) >= 11 is 0. The molecule has 0 aromatic carbocycles. The van der Waals surface area contributed by atoms with Gasteiger partial charge in [-0.25, -0.2) is 10.4 Å². The highest BCUT2D eigenvalue weighted by molar-refractivity contribution is 5.41. The molecule has 1 saturated carbocycles. The SMILES string of the molecule is Cc1cnnc(C)c1[C@@H](C)OC1CCC2NNC(c3ccc(N4CCN5C[C@H](O)C[C@H]5C4)nc3)C2C1. The number of nitrogens with zero attached hydrogens (tertiary/aromatic N) is 5. The van der Waals surface area contributed by atoms with Gasteiger partial charge in [-0.1, -0.05) is 6.07 Å². The third-order valence-corrected chi connectivity index (χ3v) is 8.83. The lowest BCUT2D eigenvalue weighted by atomic mass is 9.78. The molecule has 3 aliphatic heterocycles. The van der Waals surface area contributed by atoms with Gasteiger partial charge >= 0.3 is 0 Å². The molecule has 9 nitrogen and oxygen atoms in total. The molecule has 6 rings (SSSR count). The van der Waals surface area contributed by atoms with Crippen LogP contribution in [0.25, 0.3) is 0 Å². The van der Waals surface area contributed by atoms with Crippen molar-refractivity contribution in [2.24, 2.45) is 5.92 Å². The summed E-state index contributed by atoms with van der Waals surface area (Å²) in [5.74, 6) is 1.50. The number of aliphatic hydroxyl groups is 1. The normalized spacial score (nSPS) is 33.4. The van der Waals surface area contributed by atoms with Gasteiger partial charge in [0.25, 0.3) is 0 Å². The van der Waals surface area contributed by atoms with E-state index in [-0.39, 0.29) is 24.4 Å². The van der Waals surface area contributed by atoms with E-state index in [9.17, 15) is 5.11 Å². The minimum absolute atomic E-state index is 0.00483. The summed E-state index contributed by atoms with van der Waals surface area (Å²) in [6, 6.07) is 5.53.